The van der Waals surface area contributed by atoms with Crippen LogP contribution in [0.4, 0.5) is 18.9 Å². The fourth-order valence-electron chi connectivity index (χ4n) is 1.46. The lowest BCUT2D eigenvalue weighted by Crippen LogP contribution is -2.24. The van der Waals surface area contributed by atoms with E-state index < -0.39 is 18.5 Å². The van der Waals surface area contributed by atoms with Crippen molar-refractivity contribution in [2.45, 2.75) is 12.6 Å². The van der Waals surface area contributed by atoms with Crippen LogP contribution in [0.5, 0.6) is 5.75 Å². The van der Waals surface area contributed by atoms with E-state index in [9.17, 15) is 18.0 Å². The molecule has 9 heteroatoms. The Morgan fingerprint density at radius 1 is 1.50 bits per heavy atom. The van der Waals surface area contributed by atoms with Gasteiger partial charge in [0.25, 0.3) is 0 Å². The van der Waals surface area contributed by atoms with Gasteiger partial charge in [-0.3, -0.25) is 4.79 Å². The minimum absolute atomic E-state index is 0.0439. The van der Waals surface area contributed by atoms with E-state index in [0.717, 1.165) is 0 Å². The first-order valence-electron chi connectivity index (χ1n) is 5.30. The van der Waals surface area contributed by atoms with Gasteiger partial charge in [-0.05, 0) is 12.1 Å². The van der Waals surface area contributed by atoms with Gasteiger partial charge in [0.2, 0.25) is 5.91 Å². The summed E-state index contributed by atoms with van der Waals surface area (Å²) in [5, 5.41) is 13.4. The highest BCUT2D eigenvalue weighted by Crippen LogP contribution is 2.29. The predicted molar refractivity (Wildman–Crippen MR) is 64.8 cm³/mol. The minimum atomic E-state index is -4.64. The zero-order valence-corrected chi connectivity index (χ0v) is 10.4. The number of nitrogens with one attached hydrogen (secondary N) is 1. The van der Waals surface area contributed by atoms with Crippen LogP contribution in [0.2, 0.25) is 0 Å². The maximum Gasteiger partial charge on any atom is 0.397 e. The molecule has 20 heavy (non-hydrogen) atoms. The first-order chi connectivity index (χ1) is 9.28. The number of hydrogen-bond donors (Lipinski definition) is 3. The second-order valence-electron chi connectivity index (χ2n) is 3.71. The van der Waals surface area contributed by atoms with Gasteiger partial charge in [0.15, 0.2) is 5.84 Å². The van der Waals surface area contributed by atoms with Crippen LogP contribution in [-0.4, -0.2) is 30.2 Å². The van der Waals surface area contributed by atoms with Gasteiger partial charge in [-0.15, -0.1) is 0 Å². The van der Waals surface area contributed by atoms with Gasteiger partial charge in [-0.1, -0.05) is 11.2 Å². The summed E-state index contributed by atoms with van der Waals surface area (Å²) in [5.41, 5.74) is 5.34. The van der Waals surface area contributed by atoms with Crippen molar-refractivity contribution in [2.24, 2.45) is 10.9 Å². The number of para-hydroxylation sites is 1. The number of carbonyl (C=O) groups is 1. The number of rotatable bonds is 4. The maximum absolute atomic E-state index is 12.1. The highest BCUT2D eigenvalue weighted by atomic mass is 19.4. The molecule has 0 saturated heterocycles. The number of amidine groups is 1. The summed E-state index contributed by atoms with van der Waals surface area (Å²) in [6.45, 7) is 0. The molecule has 0 unspecified atom stereocenters. The Bertz CT molecular complexity index is 529. The SMILES string of the molecule is COc1cccc(/C(N)=N/O)c1NC(=O)CC(F)(F)F. The topological polar surface area (TPSA) is 96.9 Å². The zero-order valence-electron chi connectivity index (χ0n) is 10.4. The summed E-state index contributed by atoms with van der Waals surface area (Å²) in [7, 11) is 1.27. The molecule has 0 aliphatic carbocycles. The van der Waals surface area contributed by atoms with Gasteiger partial charge >= 0.3 is 6.18 Å². The molecular weight excluding hydrogens is 279 g/mol. The smallest absolute Gasteiger partial charge is 0.397 e. The van der Waals surface area contributed by atoms with Crippen molar-refractivity contribution in [1.82, 2.24) is 0 Å². The second kappa shape index (κ2) is 6.13. The lowest BCUT2D eigenvalue weighted by Gasteiger charge is -2.14. The maximum atomic E-state index is 12.1. The van der Waals surface area contributed by atoms with E-state index in [2.05, 4.69) is 5.16 Å². The molecule has 1 aromatic rings. The molecule has 4 N–H and O–H groups in total. The Balaban J connectivity index is 3.12. The number of hydrogen-bond acceptors (Lipinski definition) is 4. The summed E-state index contributed by atoms with van der Waals surface area (Å²) >= 11 is 0. The Kier molecular flexibility index (Phi) is 4.78. The molecule has 0 heterocycles. The molecule has 0 bridgehead atoms. The first kappa shape index (κ1) is 15.6. The van der Waals surface area contributed by atoms with Crippen LogP contribution in [0.1, 0.15) is 12.0 Å². The fourth-order valence-corrected chi connectivity index (χ4v) is 1.46. The zero-order chi connectivity index (χ0) is 15.3. The lowest BCUT2D eigenvalue weighted by molar-refractivity contribution is -0.150. The summed E-state index contributed by atoms with van der Waals surface area (Å²) in [5.74, 6) is -1.56. The quantitative estimate of drug-likeness (QED) is 0.340. The molecule has 0 atom stereocenters. The fraction of sp³-hybridized carbons (Fsp3) is 0.273. The Hall–Kier alpha value is -2.45. The second-order valence-corrected chi connectivity index (χ2v) is 3.71. The number of nitrogens with zero attached hydrogens (tertiary/aromatic N) is 1. The Labute approximate surface area is 112 Å². The standard InChI is InChI=1S/C11H12F3N3O3/c1-20-7-4-2-3-6(10(15)17-19)9(7)16-8(18)5-11(12,13)14/h2-4,19H,5H2,1H3,(H2,15,17)(H,16,18). The third-order valence-electron chi connectivity index (χ3n) is 2.26. The average Bonchev–Trinajstić information content (AvgIpc) is 2.35. The monoisotopic (exact) mass is 291 g/mol. The number of nitrogens with two attached hydrogens (primary N) is 1. The van der Waals surface area contributed by atoms with Crippen molar-refractivity contribution in [3.8, 4) is 5.75 Å². The van der Waals surface area contributed by atoms with Crippen LogP contribution in [0, 0.1) is 0 Å². The molecule has 110 valence electrons. The van der Waals surface area contributed by atoms with Crippen molar-refractivity contribution in [2.75, 3.05) is 12.4 Å². The molecule has 0 spiro atoms. The van der Waals surface area contributed by atoms with E-state index in [0.29, 0.717) is 0 Å². The summed E-state index contributed by atoms with van der Waals surface area (Å²) in [4.78, 5) is 11.3. The molecule has 0 radical (unpaired) electrons. The molecule has 0 saturated carbocycles. The molecule has 0 aromatic heterocycles. The van der Waals surface area contributed by atoms with Gasteiger partial charge in [0.05, 0.1) is 12.8 Å². The van der Waals surface area contributed by atoms with Crippen molar-refractivity contribution >= 4 is 17.4 Å². The van der Waals surface area contributed by atoms with Gasteiger partial charge in [-0.2, -0.15) is 13.2 Å². The van der Waals surface area contributed by atoms with Crippen LogP contribution in [-0.2, 0) is 4.79 Å². The summed E-state index contributed by atoms with van der Waals surface area (Å²) in [6, 6.07) is 4.25. The van der Waals surface area contributed by atoms with Crippen LogP contribution in [0.3, 0.4) is 0 Å². The van der Waals surface area contributed by atoms with E-state index in [-0.39, 0.29) is 22.8 Å². The number of amides is 1. The molecule has 1 amide bonds. The highest BCUT2D eigenvalue weighted by Gasteiger charge is 2.31. The van der Waals surface area contributed by atoms with Crippen LogP contribution >= 0.6 is 0 Å². The summed E-state index contributed by atoms with van der Waals surface area (Å²) in [6.07, 6.45) is -6.29. The molecule has 0 aliphatic rings. The predicted octanol–water partition coefficient (Wildman–Crippen LogP) is 1.68. The van der Waals surface area contributed by atoms with Crippen molar-refractivity contribution in [3.05, 3.63) is 23.8 Å². The number of anilines is 1. The van der Waals surface area contributed by atoms with Crippen LogP contribution < -0.4 is 15.8 Å². The Morgan fingerprint density at radius 3 is 2.65 bits per heavy atom. The number of ether oxygens (including phenoxy) is 1. The molecule has 1 aromatic carbocycles. The number of carbonyl (C=O) groups excluding carboxylic acids is 1. The number of alkyl halides is 3. The third kappa shape index (κ3) is 4.04. The number of benzene rings is 1. The van der Waals surface area contributed by atoms with Crippen LogP contribution in [0.25, 0.3) is 0 Å². The third-order valence-corrected chi connectivity index (χ3v) is 2.26. The number of halogens is 3. The van der Waals surface area contributed by atoms with Gasteiger partial charge in [0.1, 0.15) is 12.2 Å². The van der Waals surface area contributed by atoms with E-state index in [1.807, 2.05) is 5.32 Å². The van der Waals surface area contributed by atoms with Crippen molar-refractivity contribution in [3.63, 3.8) is 0 Å². The molecule has 1 rings (SSSR count). The lowest BCUT2D eigenvalue weighted by atomic mass is 10.1. The van der Waals surface area contributed by atoms with Gasteiger partial charge < -0.3 is 21.0 Å². The molecular formula is C11H12F3N3O3. The minimum Gasteiger partial charge on any atom is -0.495 e. The highest BCUT2D eigenvalue weighted by molar-refractivity contribution is 6.07. The Morgan fingerprint density at radius 2 is 2.15 bits per heavy atom. The number of oxime groups is 1. The molecule has 6 nitrogen and oxygen atoms in total. The van der Waals surface area contributed by atoms with E-state index >= 15 is 0 Å². The first-order valence-corrected chi connectivity index (χ1v) is 5.30. The normalized spacial score (nSPS) is 12.1. The van der Waals surface area contributed by atoms with E-state index in [1.165, 1.54) is 25.3 Å². The average molecular weight is 291 g/mol. The molecule has 0 fully saturated rings. The van der Waals surface area contributed by atoms with E-state index in [1.54, 1.807) is 0 Å². The molecule has 0 aliphatic heterocycles. The van der Waals surface area contributed by atoms with Crippen molar-refractivity contribution < 1.29 is 27.9 Å². The number of methoxy groups -OCH3 is 1. The van der Waals surface area contributed by atoms with Crippen LogP contribution in [0.15, 0.2) is 23.4 Å². The van der Waals surface area contributed by atoms with Gasteiger partial charge in [0, 0.05) is 5.56 Å². The summed E-state index contributed by atoms with van der Waals surface area (Å²) < 4.78 is 41.3. The van der Waals surface area contributed by atoms with E-state index in [4.69, 9.17) is 15.7 Å². The largest absolute Gasteiger partial charge is 0.495 e. The van der Waals surface area contributed by atoms with Crippen molar-refractivity contribution in [1.29, 1.82) is 0 Å². The van der Waals surface area contributed by atoms with Gasteiger partial charge in [-0.25, -0.2) is 0 Å².